The number of halogens is 1. The monoisotopic (exact) mass is 520 g/mol. The Balaban J connectivity index is 0.00000784. The molecule has 0 radical (unpaired) electrons. The first kappa shape index (κ1) is 27.9. The Hall–Kier alpha value is -1.06. The van der Waals surface area contributed by atoms with Crippen molar-refractivity contribution in [3.8, 4) is 5.75 Å². The van der Waals surface area contributed by atoms with Crippen LogP contribution in [0, 0.1) is 5.92 Å². The molecule has 0 amide bonds. The second-order valence-corrected chi connectivity index (χ2v) is 7.59. The van der Waals surface area contributed by atoms with Crippen LogP contribution in [0.5, 0.6) is 5.75 Å². The van der Waals surface area contributed by atoms with E-state index in [2.05, 4.69) is 67.5 Å². The van der Waals surface area contributed by atoms with Gasteiger partial charge in [0.15, 0.2) is 5.96 Å². The molecule has 29 heavy (non-hydrogen) atoms. The molecule has 0 spiro atoms. The number of rotatable bonds is 14. The molecule has 2 N–H and O–H groups in total. The summed E-state index contributed by atoms with van der Waals surface area (Å²) in [7, 11) is 4.15. The van der Waals surface area contributed by atoms with E-state index in [1.165, 1.54) is 0 Å². The maximum Gasteiger partial charge on any atom is 0.191 e. The van der Waals surface area contributed by atoms with Gasteiger partial charge >= 0.3 is 0 Å². The van der Waals surface area contributed by atoms with Gasteiger partial charge in [0.05, 0.1) is 13.2 Å². The van der Waals surface area contributed by atoms with Crippen molar-refractivity contribution >= 4 is 29.9 Å². The lowest BCUT2D eigenvalue weighted by Gasteiger charge is -2.12. The Morgan fingerprint density at radius 3 is 2.41 bits per heavy atom. The summed E-state index contributed by atoms with van der Waals surface area (Å²) in [6.07, 6.45) is 2.00. The van der Waals surface area contributed by atoms with E-state index >= 15 is 0 Å². The highest BCUT2D eigenvalue weighted by molar-refractivity contribution is 14.0. The predicted molar refractivity (Wildman–Crippen MR) is 134 cm³/mol. The van der Waals surface area contributed by atoms with Crippen LogP contribution in [0.2, 0.25) is 0 Å². The fourth-order valence-corrected chi connectivity index (χ4v) is 2.47. The van der Waals surface area contributed by atoms with E-state index in [1.54, 1.807) is 0 Å². The largest absolute Gasteiger partial charge is 0.494 e. The molecule has 0 saturated heterocycles. The molecular weight excluding hydrogens is 479 g/mol. The molecule has 0 unspecified atom stereocenters. The highest BCUT2D eigenvalue weighted by Crippen LogP contribution is 2.13. The van der Waals surface area contributed by atoms with Gasteiger partial charge in [-0.3, -0.25) is 0 Å². The average Bonchev–Trinajstić information content (AvgIpc) is 2.66. The molecule has 0 bridgehead atoms. The zero-order valence-electron chi connectivity index (χ0n) is 18.9. The lowest BCUT2D eigenvalue weighted by Crippen LogP contribution is -2.38. The topological polar surface area (TPSA) is 58.1 Å². The maximum atomic E-state index is 5.78. The van der Waals surface area contributed by atoms with Crippen molar-refractivity contribution in [3.63, 3.8) is 0 Å². The molecule has 0 aliphatic carbocycles. The molecule has 0 aromatic heterocycles. The Bertz CT molecular complexity index is 536. The molecular formula is C22H41IN4O2. The van der Waals surface area contributed by atoms with Gasteiger partial charge in [-0.25, -0.2) is 4.99 Å². The van der Waals surface area contributed by atoms with Crippen molar-refractivity contribution in [1.29, 1.82) is 0 Å². The van der Waals surface area contributed by atoms with Gasteiger partial charge in [0.25, 0.3) is 0 Å². The normalized spacial score (nSPS) is 11.5. The number of nitrogens with one attached hydrogen (secondary N) is 2. The lowest BCUT2D eigenvalue weighted by molar-refractivity contribution is 0.108. The molecule has 0 heterocycles. The summed E-state index contributed by atoms with van der Waals surface area (Å²) in [5.74, 6) is 2.34. The third-order valence-electron chi connectivity index (χ3n) is 3.91. The highest BCUT2D eigenvalue weighted by atomic mass is 127. The second-order valence-electron chi connectivity index (χ2n) is 7.59. The van der Waals surface area contributed by atoms with Crippen molar-refractivity contribution < 1.29 is 9.47 Å². The number of hydrogen-bond acceptors (Lipinski definition) is 4. The van der Waals surface area contributed by atoms with Gasteiger partial charge in [-0.2, -0.15) is 0 Å². The summed E-state index contributed by atoms with van der Waals surface area (Å²) < 4.78 is 11.4. The SMILES string of the molecule is CCNC(=NCc1ccc(OCCCN(C)C)cc1)NCCCOCC(C)C.I. The molecule has 1 rings (SSSR count). The minimum atomic E-state index is 0. The van der Waals surface area contributed by atoms with E-state index in [4.69, 9.17) is 9.47 Å². The predicted octanol–water partition coefficient (Wildman–Crippen LogP) is 3.75. The molecule has 0 atom stereocenters. The van der Waals surface area contributed by atoms with Crippen LogP contribution < -0.4 is 15.4 Å². The van der Waals surface area contributed by atoms with Crippen molar-refractivity contribution in [2.24, 2.45) is 10.9 Å². The molecule has 7 heteroatoms. The number of benzene rings is 1. The van der Waals surface area contributed by atoms with Crippen LogP contribution in [0.3, 0.4) is 0 Å². The molecule has 0 fully saturated rings. The summed E-state index contributed by atoms with van der Waals surface area (Å²) in [5.41, 5.74) is 1.16. The number of nitrogens with zero attached hydrogens (tertiary/aromatic N) is 2. The highest BCUT2D eigenvalue weighted by Gasteiger charge is 2.00. The summed E-state index contributed by atoms with van der Waals surface area (Å²) in [6.45, 7) is 12.1. The van der Waals surface area contributed by atoms with E-state index in [0.29, 0.717) is 12.5 Å². The number of ether oxygens (including phenoxy) is 2. The smallest absolute Gasteiger partial charge is 0.191 e. The van der Waals surface area contributed by atoms with Crippen LogP contribution in [-0.4, -0.2) is 64.4 Å². The van der Waals surface area contributed by atoms with Crippen molar-refractivity contribution in [3.05, 3.63) is 29.8 Å². The van der Waals surface area contributed by atoms with Crippen molar-refractivity contribution in [1.82, 2.24) is 15.5 Å². The van der Waals surface area contributed by atoms with E-state index in [1.807, 2.05) is 12.1 Å². The maximum absolute atomic E-state index is 5.78. The molecule has 1 aromatic carbocycles. The Labute approximate surface area is 194 Å². The number of aliphatic imine (C=N–C) groups is 1. The van der Waals surface area contributed by atoms with Crippen LogP contribution in [-0.2, 0) is 11.3 Å². The van der Waals surface area contributed by atoms with E-state index in [-0.39, 0.29) is 24.0 Å². The number of hydrogen-bond donors (Lipinski definition) is 2. The lowest BCUT2D eigenvalue weighted by atomic mass is 10.2. The van der Waals surface area contributed by atoms with E-state index in [0.717, 1.165) is 69.6 Å². The van der Waals surface area contributed by atoms with Gasteiger partial charge in [-0.05, 0) is 57.5 Å². The van der Waals surface area contributed by atoms with Crippen LogP contribution in [0.1, 0.15) is 39.2 Å². The standard InChI is InChI=1S/C22H40N4O2.HI/c1-6-23-22(24-13-7-15-27-18-19(2)3)25-17-20-9-11-21(12-10-20)28-16-8-14-26(4)5;/h9-12,19H,6-8,13-18H2,1-5H3,(H2,23,24,25);1H. The van der Waals surface area contributed by atoms with Crippen molar-refractivity contribution in [2.75, 3.05) is 53.6 Å². The van der Waals surface area contributed by atoms with Gasteiger partial charge in [0.2, 0.25) is 0 Å². The summed E-state index contributed by atoms with van der Waals surface area (Å²) in [4.78, 5) is 6.83. The van der Waals surface area contributed by atoms with Gasteiger partial charge in [0.1, 0.15) is 5.75 Å². The molecule has 1 aromatic rings. The van der Waals surface area contributed by atoms with E-state index in [9.17, 15) is 0 Å². The fourth-order valence-electron chi connectivity index (χ4n) is 2.47. The Morgan fingerprint density at radius 2 is 1.79 bits per heavy atom. The van der Waals surface area contributed by atoms with Crippen LogP contribution in [0.4, 0.5) is 0 Å². The summed E-state index contributed by atoms with van der Waals surface area (Å²) >= 11 is 0. The van der Waals surface area contributed by atoms with Crippen LogP contribution >= 0.6 is 24.0 Å². The number of guanidine groups is 1. The molecule has 168 valence electrons. The van der Waals surface area contributed by atoms with Gasteiger partial charge in [0, 0.05) is 32.8 Å². The van der Waals surface area contributed by atoms with Crippen LogP contribution in [0.25, 0.3) is 0 Å². The zero-order valence-corrected chi connectivity index (χ0v) is 21.2. The third kappa shape index (κ3) is 15.4. The van der Waals surface area contributed by atoms with Crippen LogP contribution in [0.15, 0.2) is 29.3 Å². The van der Waals surface area contributed by atoms with Gasteiger partial charge in [-0.1, -0.05) is 26.0 Å². The molecule has 6 nitrogen and oxygen atoms in total. The average molecular weight is 521 g/mol. The second kappa shape index (κ2) is 17.8. The Morgan fingerprint density at radius 1 is 1.07 bits per heavy atom. The third-order valence-corrected chi connectivity index (χ3v) is 3.91. The molecule has 0 aliphatic rings. The first-order chi connectivity index (χ1) is 13.5. The fraction of sp³-hybridized carbons (Fsp3) is 0.682. The Kier molecular flexibility index (Phi) is 17.1. The minimum absolute atomic E-state index is 0. The van der Waals surface area contributed by atoms with Gasteiger partial charge in [-0.15, -0.1) is 24.0 Å². The zero-order chi connectivity index (χ0) is 20.6. The minimum Gasteiger partial charge on any atom is -0.494 e. The first-order valence-electron chi connectivity index (χ1n) is 10.5. The van der Waals surface area contributed by atoms with Crippen molar-refractivity contribution in [2.45, 2.75) is 40.2 Å². The summed E-state index contributed by atoms with van der Waals surface area (Å²) in [6, 6.07) is 8.20. The first-order valence-corrected chi connectivity index (χ1v) is 10.5. The molecule has 0 saturated carbocycles. The summed E-state index contributed by atoms with van der Waals surface area (Å²) in [5, 5.41) is 6.65. The molecule has 0 aliphatic heterocycles. The quantitative estimate of drug-likeness (QED) is 0.169. The van der Waals surface area contributed by atoms with Gasteiger partial charge < -0.3 is 25.0 Å². The van der Waals surface area contributed by atoms with E-state index < -0.39 is 0 Å².